The van der Waals surface area contributed by atoms with Gasteiger partial charge in [0.15, 0.2) is 11.5 Å². The van der Waals surface area contributed by atoms with E-state index in [9.17, 15) is 0 Å². The smallest absolute Gasteiger partial charge is 0.161 e. The van der Waals surface area contributed by atoms with Crippen molar-refractivity contribution in [2.75, 3.05) is 53.0 Å². The van der Waals surface area contributed by atoms with Crippen LogP contribution in [0.4, 0.5) is 0 Å². The standard InChI is InChI=1S/C19H31N3O2/c1-3-12-24-19-13-16(4-5-18(19)23-2)14-21-9-6-17(15-21)22-10-7-20-8-11-22/h4-5,13,17,20H,3,6-12,14-15H2,1-2H3. The summed E-state index contributed by atoms with van der Waals surface area (Å²) >= 11 is 0. The zero-order chi connectivity index (χ0) is 16.8. The largest absolute Gasteiger partial charge is 0.493 e. The number of ether oxygens (including phenoxy) is 2. The topological polar surface area (TPSA) is 37.0 Å². The highest BCUT2D eigenvalue weighted by Crippen LogP contribution is 2.29. The van der Waals surface area contributed by atoms with Crippen molar-refractivity contribution in [1.82, 2.24) is 15.1 Å². The third-order valence-corrected chi connectivity index (χ3v) is 5.01. The Kier molecular flexibility index (Phi) is 6.35. The first-order valence-electron chi connectivity index (χ1n) is 9.27. The van der Waals surface area contributed by atoms with Crippen molar-refractivity contribution in [3.8, 4) is 11.5 Å². The highest BCUT2D eigenvalue weighted by Gasteiger charge is 2.28. The predicted molar refractivity (Wildman–Crippen MR) is 96.9 cm³/mol. The van der Waals surface area contributed by atoms with E-state index in [0.29, 0.717) is 0 Å². The number of methoxy groups -OCH3 is 1. The molecular weight excluding hydrogens is 302 g/mol. The summed E-state index contributed by atoms with van der Waals surface area (Å²) in [5, 5.41) is 3.44. The second kappa shape index (κ2) is 8.70. The number of rotatable bonds is 7. The van der Waals surface area contributed by atoms with Crippen LogP contribution in [0.3, 0.4) is 0 Å². The van der Waals surface area contributed by atoms with E-state index in [-0.39, 0.29) is 0 Å². The molecule has 0 radical (unpaired) electrons. The zero-order valence-electron chi connectivity index (χ0n) is 15.1. The summed E-state index contributed by atoms with van der Waals surface area (Å²) in [6, 6.07) is 7.06. The number of hydrogen-bond donors (Lipinski definition) is 1. The van der Waals surface area contributed by atoms with Crippen LogP contribution in [0, 0.1) is 0 Å². The van der Waals surface area contributed by atoms with Gasteiger partial charge in [-0.2, -0.15) is 0 Å². The highest BCUT2D eigenvalue weighted by atomic mass is 16.5. The molecule has 0 aliphatic carbocycles. The maximum atomic E-state index is 5.84. The molecule has 5 heteroatoms. The number of piperazine rings is 1. The van der Waals surface area contributed by atoms with E-state index < -0.39 is 0 Å². The average Bonchev–Trinajstić information content (AvgIpc) is 3.09. The van der Waals surface area contributed by atoms with Crippen LogP contribution in [0.2, 0.25) is 0 Å². The van der Waals surface area contributed by atoms with Gasteiger partial charge in [0, 0.05) is 51.9 Å². The number of likely N-dealkylation sites (tertiary alicyclic amines) is 1. The Morgan fingerprint density at radius 1 is 1.17 bits per heavy atom. The van der Waals surface area contributed by atoms with E-state index in [0.717, 1.165) is 50.2 Å². The Hall–Kier alpha value is -1.30. The predicted octanol–water partition coefficient (Wildman–Crippen LogP) is 1.96. The van der Waals surface area contributed by atoms with Gasteiger partial charge in [-0.1, -0.05) is 13.0 Å². The van der Waals surface area contributed by atoms with Crippen LogP contribution in [0.1, 0.15) is 25.3 Å². The molecule has 2 aliphatic rings. The number of hydrogen-bond acceptors (Lipinski definition) is 5. The van der Waals surface area contributed by atoms with Crippen molar-refractivity contribution in [1.29, 1.82) is 0 Å². The van der Waals surface area contributed by atoms with Crippen LogP contribution in [0.15, 0.2) is 18.2 Å². The zero-order valence-corrected chi connectivity index (χ0v) is 15.1. The highest BCUT2D eigenvalue weighted by molar-refractivity contribution is 5.43. The normalized spacial score (nSPS) is 22.7. The lowest BCUT2D eigenvalue weighted by Gasteiger charge is -2.32. The molecular formula is C19H31N3O2. The lowest BCUT2D eigenvalue weighted by molar-refractivity contribution is 0.170. The van der Waals surface area contributed by atoms with Gasteiger partial charge in [-0.05, 0) is 30.5 Å². The Morgan fingerprint density at radius 2 is 2.00 bits per heavy atom. The van der Waals surface area contributed by atoms with E-state index in [1.54, 1.807) is 7.11 Å². The van der Waals surface area contributed by atoms with E-state index in [2.05, 4.69) is 34.2 Å². The number of nitrogens with zero attached hydrogens (tertiary/aromatic N) is 2. The molecule has 2 saturated heterocycles. The molecule has 0 spiro atoms. The minimum Gasteiger partial charge on any atom is -0.493 e. The molecule has 2 fully saturated rings. The van der Waals surface area contributed by atoms with Gasteiger partial charge in [-0.3, -0.25) is 9.80 Å². The minimum atomic E-state index is 0.723. The summed E-state index contributed by atoms with van der Waals surface area (Å²) in [6.07, 6.45) is 2.29. The Bertz CT molecular complexity index is 517. The lowest BCUT2D eigenvalue weighted by Crippen LogP contribution is -2.49. The second-order valence-corrected chi connectivity index (χ2v) is 6.80. The molecule has 5 nitrogen and oxygen atoms in total. The van der Waals surface area contributed by atoms with E-state index in [1.807, 2.05) is 6.07 Å². The molecule has 1 N–H and O–H groups in total. The van der Waals surface area contributed by atoms with Crippen LogP contribution in [0.5, 0.6) is 11.5 Å². The second-order valence-electron chi connectivity index (χ2n) is 6.80. The van der Waals surface area contributed by atoms with Crippen LogP contribution in [-0.2, 0) is 6.54 Å². The monoisotopic (exact) mass is 333 g/mol. The first-order chi connectivity index (χ1) is 11.8. The maximum absolute atomic E-state index is 5.84. The number of nitrogens with one attached hydrogen (secondary N) is 1. The van der Waals surface area contributed by atoms with Gasteiger partial charge in [-0.25, -0.2) is 0 Å². The van der Waals surface area contributed by atoms with Crippen molar-refractivity contribution < 1.29 is 9.47 Å². The molecule has 1 atom stereocenters. The third kappa shape index (κ3) is 4.41. The fourth-order valence-corrected chi connectivity index (χ4v) is 3.70. The van der Waals surface area contributed by atoms with Gasteiger partial charge in [0.05, 0.1) is 13.7 Å². The molecule has 24 heavy (non-hydrogen) atoms. The van der Waals surface area contributed by atoms with Gasteiger partial charge in [0.1, 0.15) is 0 Å². The summed E-state index contributed by atoms with van der Waals surface area (Å²) in [6.45, 7) is 10.9. The molecule has 0 saturated carbocycles. The quantitative estimate of drug-likeness (QED) is 0.826. The molecule has 1 unspecified atom stereocenters. The van der Waals surface area contributed by atoms with Gasteiger partial charge < -0.3 is 14.8 Å². The molecule has 0 aromatic heterocycles. The van der Waals surface area contributed by atoms with E-state index in [4.69, 9.17) is 9.47 Å². The Labute approximate surface area is 145 Å². The van der Waals surface area contributed by atoms with Crippen LogP contribution in [0.25, 0.3) is 0 Å². The summed E-state index contributed by atoms with van der Waals surface area (Å²) in [5.41, 5.74) is 1.31. The Morgan fingerprint density at radius 3 is 2.75 bits per heavy atom. The molecule has 1 aromatic carbocycles. The maximum Gasteiger partial charge on any atom is 0.161 e. The fourth-order valence-electron chi connectivity index (χ4n) is 3.70. The van der Waals surface area contributed by atoms with Gasteiger partial charge >= 0.3 is 0 Å². The molecule has 3 rings (SSSR count). The summed E-state index contributed by atoms with van der Waals surface area (Å²) in [7, 11) is 1.70. The molecule has 2 heterocycles. The summed E-state index contributed by atoms with van der Waals surface area (Å²) < 4.78 is 11.3. The molecule has 1 aromatic rings. The van der Waals surface area contributed by atoms with E-state index in [1.165, 1.54) is 38.2 Å². The lowest BCUT2D eigenvalue weighted by atomic mass is 10.2. The number of benzene rings is 1. The van der Waals surface area contributed by atoms with Gasteiger partial charge in [0.2, 0.25) is 0 Å². The van der Waals surface area contributed by atoms with Crippen molar-refractivity contribution >= 4 is 0 Å². The SMILES string of the molecule is CCCOc1cc(CN2CCC(N3CCNCC3)C2)ccc1OC. The van der Waals surface area contributed by atoms with Crippen LogP contribution in [-0.4, -0.2) is 68.8 Å². The summed E-state index contributed by atoms with van der Waals surface area (Å²) in [5.74, 6) is 1.70. The van der Waals surface area contributed by atoms with Crippen LogP contribution < -0.4 is 14.8 Å². The molecule has 2 aliphatic heterocycles. The van der Waals surface area contributed by atoms with Crippen molar-refractivity contribution in [2.24, 2.45) is 0 Å². The van der Waals surface area contributed by atoms with Crippen LogP contribution >= 0.6 is 0 Å². The summed E-state index contributed by atoms with van der Waals surface area (Å²) in [4.78, 5) is 5.22. The van der Waals surface area contributed by atoms with Crippen molar-refractivity contribution in [3.63, 3.8) is 0 Å². The van der Waals surface area contributed by atoms with Gasteiger partial charge in [0.25, 0.3) is 0 Å². The molecule has 134 valence electrons. The first-order valence-corrected chi connectivity index (χ1v) is 9.27. The van der Waals surface area contributed by atoms with E-state index >= 15 is 0 Å². The fraction of sp³-hybridized carbons (Fsp3) is 0.684. The van der Waals surface area contributed by atoms with Crippen molar-refractivity contribution in [2.45, 2.75) is 32.4 Å². The molecule has 0 amide bonds. The molecule has 0 bridgehead atoms. The first kappa shape index (κ1) is 17.5. The minimum absolute atomic E-state index is 0.723. The van der Waals surface area contributed by atoms with Crippen molar-refractivity contribution in [3.05, 3.63) is 23.8 Å². The average molecular weight is 333 g/mol. The van der Waals surface area contributed by atoms with Gasteiger partial charge in [-0.15, -0.1) is 0 Å². The Balaban J connectivity index is 1.57. The third-order valence-electron chi connectivity index (χ3n) is 5.01.